The molecule has 0 unspecified atom stereocenters. The first-order chi connectivity index (χ1) is 9.36. The SMILES string of the molecule is CS(=O)(=O)c1ccc(NC(=O)C[C@@H]2CCC[C@H]2N)cn1. The van der Waals surface area contributed by atoms with Crippen LogP contribution in [0.4, 0.5) is 5.69 Å². The maximum atomic E-state index is 11.9. The molecule has 1 fully saturated rings. The van der Waals surface area contributed by atoms with Crippen LogP contribution >= 0.6 is 0 Å². The zero-order chi connectivity index (χ0) is 14.8. The lowest BCUT2D eigenvalue weighted by atomic mass is 10.00. The van der Waals surface area contributed by atoms with Gasteiger partial charge in [-0.25, -0.2) is 13.4 Å². The van der Waals surface area contributed by atoms with E-state index in [9.17, 15) is 13.2 Å². The minimum Gasteiger partial charge on any atom is -0.327 e. The van der Waals surface area contributed by atoms with Gasteiger partial charge in [0, 0.05) is 18.7 Å². The maximum Gasteiger partial charge on any atom is 0.224 e. The summed E-state index contributed by atoms with van der Waals surface area (Å²) in [6.45, 7) is 0. The van der Waals surface area contributed by atoms with Crippen LogP contribution < -0.4 is 11.1 Å². The molecule has 1 heterocycles. The number of sulfone groups is 1. The Morgan fingerprint density at radius 2 is 2.20 bits per heavy atom. The van der Waals surface area contributed by atoms with Crippen LogP contribution in [0, 0.1) is 5.92 Å². The third kappa shape index (κ3) is 3.77. The van der Waals surface area contributed by atoms with Gasteiger partial charge in [-0.1, -0.05) is 6.42 Å². The average molecular weight is 297 g/mol. The molecule has 6 nitrogen and oxygen atoms in total. The van der Waals surface area contributed by atoms with Crippen molar-refractivity contribution in [2.24, 2.45) is 11.7 Å². The van der Waals surface area contributed by atoms with Gasteiger partial charge in [0.05, 0.1) is 11.9 Å². The topological polar surface area (TPSA) is 102 Å². The maximum absolute atomic E-state index is 11.9. The number of carbonyl (C=O) groups excluding carboxylic acids is 1. The molecule has 1 aromatic heterocycles. The van der Waals surface area contributed by atoms with Crippen LogP contribution in [0.5, 0.6) is 0 Å². The predicted octanol–water partition coefficient (Wildman–Crippen LogP) is 0.941. The number of hydrogen-bond acceptors (Lipinski definition) is 5. The summed E-state index contributed by atoms with van der Waals surface area (Å²) in [6.07, 6.45) is 5.87. The minimum absolute atomic E-state index is 0.00619. The number of nitrogens with one attached hydrogen (secondary N) is 1. The molecular weight excluding hydrogens is 278 g/mol. The molecule has 1 amide bonds. The molecule has 0 spiro atoms. The second kappa shape index (κ2) is 5.88. The van der Waals surface area contributed by atoms with Gasteiger partial charge in [0.2, 0.25) is 5.91 Å². The zero-order valence-electron chi connectivity index (χ0n) is 11.4. The number of carbonyl (C=O) groups is 1. The number of nitrogens with two attached hydrogens (primary N) is 1. The highest BCUT2D eigenvalue weighted by Gasteiger charge is 2.26. The number of aromatic nitrogens is 1. The third-order valence-corrected chi connectivity index (χ3v) is 4.57. The van der Waals surface area contributed by atoms with E-state index in [-0.39, 0.29) is 22.9 Å². The highest BCUT2D eigenvalue weighted by Crippen LogP contribution is 2.27. The molecule has 20 heavy (non-hydrogen) atoms. The lowest BCUT2D eigenvalue weighted by Crippen LogP contribution is -2.28. The molecule has 7 heteroatoms. The van der Waals surface area contributed by atoms with E-state index in [1.165, 1.54) is 18.3 Å². The van der Waals surface area contributed by atoms with Crippen molar-refractivity contribution >= 4 is 21.4 Å². The van der Waals surface area contributed by atoms with Crippen molar-refractivity contribution in [3.8, 4) is 0 Å². The van der Waals surface area contributed by atoms with Crippen LogP contribution in [0.2, 0.25) is 0 Å². The van der Waals surface area contributed by atoms with E-state index in [4.69, 9.17) is 5.73 Å². The van der Waals surface area contributed by atoms with Crippen LogP contribution in [-0.4, -0.2) is 31.6 Å². The van der Waals surface area contributed by atoms with E-state index < -0.39 is 9.84 Å². The van der Waals surface area contributed by atoms with Gasteiger partial charge in [0.25, 0.3) is 0 Å². The van der Waals surface area contributed by atoms with Crippen molar-refractivity contribution in [3.63, 3.8) is 0 Å². The molecule has 1 aliphatic rings. The van der Waals surface area contributed by atoms with Crippen molar-refractivity contribution in [2.75, 3.05) is 11.6 Å². The molecule has 2 rings (SSSR count). The smallest absolute Gasteiger partial charge is 0.224 e. The van der Waals surface area contributed by atoms with Crippen molar-refractivity contribution in [3.05, 3.63) is 18.3 Å². The standard InChI is InChI=1S/C13H19N3O3S/c1-20(18,19)13-6-5-10(8-15-13)16-12(17)7-9-3-2-4-11(9)14/h5-6,8-9,11H,2-4,7,14H2,1H3,(H,16,17)/t9-,11+/m0/s1. The summed E-state index contributed by atoms with van der Waals surface area (Å²) >= 11 is 0. The van der Waals surface area contributed by atoms with Gasteiger partial charge in [0.1, 0.15) is 0 Å². The summed E-state index contributed by atoms with van der Waals surface area (Å²) in [7, 11) is -3.31. The van der Waals surface area contributed by atoms with Crippen LogP contribution in [0.25, 0.3) is 0 Å². The second-order valence-electron chi connectivity index (χ2n) is 5.26. The van der Waals surface area contributed by atoms with Gasteiger partial charge in [-0.05, 0) is 30.9 Å². The van der Waals surface area contributed by atoms with Gasteiger partial charge in [-0.2, -0.15) is 0 Å². The largest absolute Gasteiger partial charge is 0.327 e. The monoisotopic (exact) mass is 297 g/mol. The van der Waals surface area contributed by atoms with Gasteiger partial charge >= 0.3 is 0 Å². The highest BCUT2D eigenvalue weighted by molar-refractivity contribution is 7.90. The molecule has 3 N–H and O–H groups in total. The normalized spacial score (nSPS) is 22.7. The number of pyridine rings is 1. The summed E-state index contributed by atoms with van der Waals surface area (Å²) in [5.41, 5.74) is 6.42. The Labute approximate surface area is 118 Å². The lowest BCUT2D eigenvalue weighted by Gasteiger charge is -2.14. The summed E-state index contributed by atoms with van der Waals surface area (Å²) < 4.78 is 22.5. The summed E-state index contributed by atoms with van der Waals surface area (Å²) in [5.74, 6) is 0.125. The van der Waals surface area contributed by atoms with Gasteiger partial charge in [0.15, 0.2) is 14.9 Å². The van der Waals surface area contributed by atoms with Crippen LogP contribution in [0.3, 0.4) is 0 Å². The molecule has 110 valence electrons. The van der Waals surface area contributed by atoms with Crippen molar-refractivity contribution < 1.29 is 13.2 Å². The van der Waals surface area contributed by atoms with Crippen molar-refractivity contribution in [2.45, 2.75) is 36.8 Å². The number of nitrogens with zero attached hydrogens (tertiary/aromatic N) is 1. The van der Waals surface area contributed by atoms with Gasteiger partial charge in [-0.15, -0.1) is 0 Å². The van der Waals surface area contributed by atoms with Crippen molar-refractivity contribution in [1.82, 2.24) is 4.98 Å². The fourth-order valence-corrected chi connectivity index (χ4v) is 3.00. The predicted molar refractivity (Wildman–Crippen MR) is 75.9 cm³/mol. The molecule has 0 radical (unpaired) electrons. The fraction of sp³-hybridized carbons (Fsp3) is 0.538. The molecular formula is C13H19N3O3S. The summed E-state index contributed by atoms with van der Waals surface area (Å²) in [4.78, 5) is 15.7. The van der Waals surface area contributed by atoms with E-state index in [1.54, 1.807) is 0 Å². The average Bonchev–Trinajstić information content (AvgIpc) is 2.74. The first kappa shape index (κ1) is 14.9. The van der Waals surface area contributed by atoms with Crippen LogP contribution in [-0.2, 0) is 14.6 Å². The Hall–Kier alpha value is -1.47. The molecule has 0 aromatic carbocycles. The molecule has 2 atom stereocenters. The molecule has 0 saturated heterocycles. The first-order valence-corrected chi connectivity index (χ1v) is 8.47. The minimum atomic E-state index is -3.31. The van der Waals surface area contributed by atoms with E-state index in [1.807, 2.05) is 0 Å². The Kier molecular flexibility index (Phi) is 4.39. The second-order valence-corrected chi connectivity index (χ2v) is 7.23. The highest BCUT2D eigenvalue weighted by atomic mass is 32.2. The van der Waals surface area contributed by atoms with Crippen LogP contribution in [0.15, 0.2) is 23.4 Å². The quantitative estimate of drug-likeness (QED) is 0.861. The van der Waals surface area contributed by atoms with Crippen molar-refractivity contribution in [1.29, 1.82) is 0 Å². The molecule has 1 saturated carbocycles. The number of amides is 1. The molecule has 0 aliphatic heterocycles. The van der Waals surface area contributed by atoms with Crippen LogP contribution in [0.1, 0.15) is 25.7 Å². The van der Waals surface area contributed by atoms with E-state index in [2.05, 4.69) is 10.3 Å². The number of rotatable bonds is 4. The van der Waals surface area contributed by atoms with E-state index in [0.29, 0.717) is 12.1 Å². The number of hydrogen-bond donors (Lipinski definition) is 2. The van der Waals surface area contributed by atoms with Gasteiger partial charge < -0.3 is 11.1 Å². The molecule has 1 aromatic rings. The Morgan fingerprint density at radius 1 is 1.45 bits per heavy atom. The Bertz CT molecular complexity index is 583. The summed E-state index contributed by atoms with van der Waals surface area (Å²) in [5, 5.41) is 2.71. The molecule has 0 bridgehead atoms. The van der Waals surface area contributed by atoms with E-state index in [0.717, 1.165) is 25.5 Å². The fourth-order valence-electron chi connectivity index (χ4n) is 2.44. The number of anilines is 1. The van der Waals surface area contributed by atoms with Gasteiger partial charge in [-0.3, -0.25) is 4.79 Å². The first-order valence-electron chi connectivity index (χ1n) is 6.58. The lowest BCUT2D eigenvalue weighted by molar-refractivity contribution is -0.117. The Balaban J connectivity index is 1.94. The van der Waals surface area contributed by atoms with E-state index >= 15 is 0 Å². The third-order valence-electron chi connectivity index (χ3n) is 3.57. The summed E-state index contributed by atoms with van der Waals surface area (Å²) in [6, 6.07) is 3.02. The Morgan fingerprint density at radius 3 is 2.70 bits per heavy atom. The molecule has 1 aliphatic carbocycles. The zero-order valence-corrected chi connectivity index (χ0v) is 12.2.